The summed E-state index contributed by atoms with van der Waals surface area (Å²) < 4.78 is 22.6. The number of hydrogen-bond acceptors (Lipinski definition) is 2. The van der Waals surface area contributed by atoms with Crippen molar-refractivity contribution in [3.8, 4) is 0 Å². The first-order valence-corrected chi connectivity index (χ1v) is 7.62. The van der Waals surface area contributed by atoms with Crippen molar-refractivity contribution in [3.63, 3.8) is 0 Å². The molecule has 0 aromatic rings. The van der Waals surface area contributed by atoms with Gasteiger partial charge in [0.1, 0.15) is 0 Å². The predicted octanol–water partition coefficient (Wildman–Crippen LogP) is 2.71. The summed E-state index contributed by atoms with van der Waals surface area (Å²) in [5, 5.41) is 0. The van der Waals surface area contributed by atoms with E-state index in [1.54, 1.807) is 0 Å². The van der Waals surface area contributed by atoms with Gasteiger partial charge in [-0.3, -0.25) is 4.55 Å². The minimum atomic E-state index is -3.26. The first kappa shape index (κ1) is 15.3. The molecule has 15 heavy (non-hydrogen) atoms. The summed E-state index contributed by atoms with van der Waals surface area (Å²) in [5.41, 5.74) is -0.0660. The van der Waals surface area contributed by atoms with E-state index in [1.165, 1.54) is 0 Å². The van der Waals surface area contributed by atoms with Crippen molar-refractivity contribution < 1.29 is 8.76 Å². The first-order valence-electron chi connectivity index (χ1n) is 5.18. The number of nitrogens with one attached hydrogen (secondary N) is 1. The molecule has 0 amide bonds. The summed E-state index contributed by atoms with van der Waals surface area (Å²) in [6.45, 7) is 10.4. The van der Waals surface area contributed by atoms with E-state index >= 15 is 0 Å². The fraction of sp³-hybridized carbons (Fsp3) is 1.00. The quantitative estimate of drug-likeness (QED) is 0.792. The summed E-state index contributed by atoms with van der Waals surface area (Å²) in [4.78, 5) is 0. The molecule has 0 aromatic carbocycles. The molecule has 0 heterocycles. The molecule has 0 aliphatic carbocycles. The highest BCUT2D eigenvalue weighted by Gasteiger charge is 2.22. The van der Waals surface area contributed by atoms with Gasteiger partial charge in [0.05, 0.1) is 0 Å². The third-order valence-electron chi connectivity index (χ3n) is 2.13. The minimum absolute atomic E-state index is 0.310. The fourth-order valence-electron chi connectivity index (χ4n) is 1.46. The number of hydrogen-bond donors (Lipinski definition) is 2. The summed E-state index contributed by atoms with van der Waals surface area (Å²) in [6.07, 6.45) is 2.97. The van der Waals surface area contributed by atoms with E-state index in [0.29, 0.717) is 5.41 Å². The van der Waals surface area contributed by atoms with Crippen molar-refractivity contribution in [2.45, 2.75) is 59.4 Å². The molecule has 0 radical (unpaired) electrons. The second kappa shape index (κ2) is 5.08. The Kier molecular flexibility index (Phi) is 5.18. The van der Waals surface area contributed by atoms with Crippen molar-refractivity contribution >= 4 is 20.1 Å². The lowest BCUT2D eigenvalue weighted by atomic mass is 9.87. The van der Waals surface area contributed by atoms with Crippen LogP contribution in [0.15, 0.2) is 0 Å². The van der Waals surface area contributed by atoms with Crippen molar-refractivity contribution in [2.75, 3.05) is 0 Å². The van der Waals surface area contributed by atoms with Crippen LogP contribution in [0.4, 0.5) is 0 Å². The Hall–Kier alpha value is 0.290. The molecular weight excluding hydrogens is 230 g/mol. The molecule has 0 saturated carbocycles. The molecule has 5 heteroatoms. The Morgan fingerprint density at radius 3 is 2.00 bits per heavy atom. The van der Waals surface area contributed by atoms with E-state index in [-0.39, 0.29) is 5.54 Å². The molecule has 0 aromatic heterocycles. The van der Waals surface area contributed by atoms with Crippen LogP contribution in [-0.2, 0) is 20.1 Å². The molecule has 0 aliphatic heterocycles. The Morgan fingerprint density at radius 1 is 1.20 bits per heavy atom. The smallest absolute Gasteiger partial charge is 0.207 e. The zero-order chi connectivity index (χ0) is 12.3. The van der Waals surface area contributed by atoms with Crippen LogP contribution in [0.1, 0.15) is 53.9 Å². The zero-order valence-corrected chi connectivity index (χ0v) is 11.9. The van der Waals surface area contributed by atoms with E-state index in [2.05, 4.69) is 36.7 Å². The first-order chi connectivity index (χ1) is 6.41. The summed E-state index contributed by atoms with van der Waals surface area (Å²) in [7, 11) is -3.26. The second-order valence-corrected chi connectivity index (χ2v) is 8.38. The lowest BCUT2D eigenvalue weighted by molar-refractivity contribution is 0.323. The van der Waals surface area contributed by atoms with Crippen molar-refractivity contribution in [2.24, 2.45) is 5.41 Å². The molecule has 0 rings (SSSR count). The summed E-state index contributed by atoms with van der Waals surface area (Å²) >= 11 is 4.43. The average Bonchev–Trinajstić information content (AvgIpc) is 1.75. The number of rotatable bonds is 5. The van der Waals surface area contributed by atoms with Gasteiger partial charge in [0.2, 0.25) is 8.96 Å². The minimum Gasteiger partial charge on any atom is -0.294 e. The Morgan fingerprint density at radius 2 is 1.67 bits per heavy atom. The predicted molar refractivity (Wildman–Crippen MR) is 68.7 cm³/mol. The molecule has 1 unspecified atom stereocenters. The van der Waals surface area contributed by atoms with Gasteiger partial charge in [-0.1, -0.05) is 27.2 Å². The maximum atomic E-state index is 11.0. The maximum absolute atomic E-state index is 11.0. The third-order valence-corrected chi connectivity index (χ3v) is 3.19. The van der Waals surface area contributed by atoms with Gasteiger partial charge in [-0.25, -0.2) is 8.93 Å². The van der Waals surface area contributed by atoms with Gasteiger partial charge < -0.3 is 0 Å². The van der Waals surface area contributed by atoms with Gasteiger partial charge in [-0.2, -0.15) is 0 Å². The highest BCUT2D eigenvalue weighted by Crippen LogP contribution is 2.24. The van der Waals surface area contributed by atoms with Crippen LogP contribution in [0, 0.1) is 5.41 Å². The molecule has 0 fully saturated rings. The molecule has 1 atom stereocenters. The van der Waals surface area contributed by atoms with Gasteiger partial charge in [-0.15, -0.1) is 0 Å². The molecule has 92 valence electrons. The maximum Gasteiger partial charge on any atom is 0.207 e. The summed E-state index contributed by atoms with van der Waals surface area (Å²) in [6, 6.07) is 0. The fourth-order valence-corrected chi connectivity index (χ4v) is 2.94. The highest BCUT2D eigenvalue weighted by atomic mass is 32.8. The van der Waals surface area contributed by atoms with Crippen LogP contribution >= 0.6 is 0 Å². The molecule has 3 nitrogen and oxygen atoms in total. The van der Waals surface area contributed by atoms with Gasteiger partial charge in [0, 0.05) is 16.7 Å². The van der Waals surface area contributed by atoms with Crippen LogP contribution in [0.25, 0.3) is 0 Å². The largest absolute Gasteiger partial charge is 0.294 e. The third kappa shape index (κ3) is 10.6. The average molecular weight is 253 g/mol. The highest BCUT2D eigenvalue weighted by molar-refractivity contribution is 8.28. The van der Waals surface area contributed by atoms with Gasteiger partial charge >= 0.3 is 0 Å². The van der Waals surface area contributed by atoms with Crippen molar-refractivity contribution in [3.05, 3.63) is 0 Å². The Bertz CT molecular complexity index is 289. The van der Waals surface area contributed by atoms with E-state index in [1.807, 2.05) is 13.8 Å². The van der Waals surface area contributed by atoms with Gasteiger partial charge in [0.25, 0.3) is 0 Å². The van der Waals surface area contributed by atoms with Crippen LogP contribution in [0.3, 0.4) is 0 Å². The molecule has 2 N–H and O–H groups in total. The Balaban J connectivity index is 4.06. The summed E-state index contributed by atoms with van der Waals surface area (Å²) in [5.74, 6) is 0. The topological polar surface area (TPSA) is 49.3 Å². The monoisotopic (exact) mass is 253 g/mol. The SMILES string of the molecule is CC(C)(C)CCCC(C)(C)NS(=O)(O)=S. The molecule has 0 spiro atoms. The van der Waals surface area contributed by atoms with E-state index in [0.717, 1.165) is 19.3 Å². The lowest BCUT2D eigenvalue weighted by Gasteiger charge is -2.27. The van der Waals surface area contributed by atoms with Crippen LogP contribution in [-0.4, -0.2) is 14.3 Å². The van der Waals surface area contributed by atoms with Gasteiger partial charge in [0.15, 0.2) is 0 Å². The van der Waals surface area contributed by atoms with Crippen molar-refractivity contribution in [1.82, 2.24) is 4.72 Å². The standard InChI is InChI=1S/C10H23NO2S2/c1-9(2,3)7-6-8-10(4,5)11-15(12,13)14/h11H,6-8H2,1-5H3,(H,12,13,14). The molecule has 0 saturated heterocycles. The van der Waals surface area contributed by atoms with Gasteiger partial charge in [-0.05, 0) is 32.1 Å². The van der Waals surface area contributed by atoms with Crippen LogP contribution < -0.4 is 4.72 Å². The molecule has 0 aliphatic rings. The van der Waals surface area contributed by atoms with Crippen LogP contribution in [0.5, 0.6) is 0 Å². The Labute approximate surface area is 98.7 Å². The van der Waals surface area contributed by atoms with E-state index in [4.69, 9.17) is 4.55 Å². The normalized spacial score (nSPS) is 17.5. The van der Waals surface area contributed by atoms with E-state index in [9.17, 15) is 4.21 Å². The van der Waals surface area contributed by atoms with Crippen LogP contribution in [0.2, 0.25) is 0 Å². The molecule has 0 bridgehead atoms. The molecular formula is C10H23NO2S2. The lowest BCUT2D eigenvalue weighted by Crippen LogP contribution is -2.42. The second-order valence-electron chi connectivity index (χ2n) is 5.88. The van der Waals surface area contributed by atoms with Crippen molar-refractivity contribution in [1.29, 1.82) is 0 Å². The zero-order valence-electron chi connectivity index (χ0n) is 10.3. The van der Waals surface area contributed by atoms with E-state index < -0.39 is 8.96 Å².